The topological polar surface area (TPSA) is 46.9 Å². The fraction of sp³-hybridized carbons (Fsp3) is 0.167. The number of benzene rings is 1. The van der Waals surface area contributed by atoms with Crippen LogP contribution in [-0.4, -0.2) is 15.5 Å². The van der Waals surface area contributed by atoms with E-state index < -0.39 is 0 Å². The van der Waals surface area contributed by atoms with Gasteiger partial charge >= 0.3 is 0 Å². The number of imidazole rings is 1. The van der Waals surface area contributed by atoms with Gasteiger partial charge in [0.15, 0.2) is 0 Å². The summed E-state index contributed by atoms with van der Waals surface area (Å²) in [6.07, 6.45) is 3.15. The lowest BCUT2D eigenvalue weighted by molar-refractivity contribution is 0.101. The van der Waals surface area contributed by atoms with E-state index in [0.717, 1.165) is 15.7 Å². The normalized spacial score (nSPS) is 10.3. The molecule has 1 amide bonds. The van der Waals surface area contributed by atoms with Crippen LogP contribution in [0.2, 0.25) is 0 Å². The Morgan fingerprint density at radius 1 is 1.47 bits per heavy atom. The van der Waals surface area contributed by atoms with Crippen molar-refractivity contribution in [3.63, 3.8) is 0 Å². The van der Waals surface area contributed by atoms with Crippen LogP contribution >= 0.6 is 15.9 Å². The third-order valence-electron chi connectivity index (χ3n) is 2.49. The van der Waals surface area contributed by atoms with E-state index in [1.165, 1.54) is 0 Å². The molecule has 0 aliphatic heterocycles. The van der Waals surface area contributed by atoms with Crippen molar-refractivity contribution in [3.8, 4) is 0 Å². The number of aryl methyl sites for hydroxylation is 2. The third-order valence-corrected chi connectivity index (χ3v) is 2.98. The molecule has 0 bridgehead atoms. The molecule has 2 aromatic rings. The van der Waals surface area contributed by atoms with Gasteiger partial charge in [-0.1, -0.05) is 15.9 Å². The van der Waals surface area contributed by atoms with E-state index in [9.17, 15) is 4.79 Å². The number of nitrogens with one attached hydrogen (secondary N) is 1. The Morgan fingerprint density at radius 2 is 2.24 bits per heavy atom. The maximum absolute atomic E-state index is 11.9. The van der Waals surface area contributed by atoms with Gasteiger partial charge in [-0.05, 0) is 30.7 Å². The van der Waals surface area contributed by atoms with Crippen molar-refractivity contribution in [2.45, 2.75) is 6.92 Å². The lowest BCUT2D eigenvalue weighted by atomic mass is 10.2. The zero-order chi connectivity index (χ0) is 12.4. The van der Waals surface area contributed by atoms with Gasteiger partial charge in [-0.3, -0.25) is 4.79 Å². The summed E-state index contributed by atoms with van der Waals surface area (Å²) in [5, 5.41) is 2.86. The molecule has 0 fully saturated rings. The van der Waals surface area contributed by atoms with Gasteiger partial charge in [-0.15, -0.1) is 0 Å². The zero-order valence-corrected chi connectivity index (χ0v) is 11.2. The molecule has 0 aliphatic carbocycles. The molecule has 17 heavy (non-hydrogen) atoms. The van der Waals surface area contributed by atoms with Crippen molar-refractivity contribution >= 4 is 27.5 Å². The Balaban J connectivity index is 2.22. The van der Waals surface area contributed by atoms with E-state index in [1.54, 1.807) is 24.1 Å². The number of nitrogens with zero attached hydrogens (tertiary/aromatic N) is 2. The van der Waals surface area contributed by atoms with Gasteiger partial charge in [0, 0.05) is 17.2 Å². The molecule has 0 radical (unpaired) electrons. The van der Waals surface area contributed by atoms with Crippen molar-refractivity contribution in [1.29, 1.82) is 0 Å². The molecule has 0 saturated heterocycles. The molecule has 0 atom stereocenters. The Kier molecular flexibility index (Phi) is 3.28. The van der Waals surface area contributed by atoms with Gasteiger partial charge in [0.1, 0.15) is 5.69 Å². The highest BCUT2D eigenvalue weighted by atomic mass is 79.9. The highest BCUT2D eigenvalue weighted by molar-refractivity contribution is 9.10. The number of aromatic nitrogens is 2. The Hall–Kier alpha value is -1.62. The SMILES string of the molecule is Cc1cc(Br)ccc1NC(=O)c1cncn1C. The average Bonchev–Trinajstić information content (AvgIpc) is 2.68. The van der Waals surface area contributed by atoms with Crippen LogP contribution < -0.4 is 5.32 Å². The standard InChI is InChI=1S/C12H12BrN3O/c1-8-5-9(13)3-4-10(8)15-12(17)11-6-14-7-16(11)2/h3-7H,1-2H3,(H,15,17). The summed E-state index contributed by atoms with van der Waals surface area (Å²) in [6, 6.07) is 5.72. The van der Waals surface area contributed by atoms with E-state index >= 15 is 0 Å². The van der Waals surface area contributed by atoms with Crippen molar-refractivity contribution in [1.82, 2.24) is 9.55 Å². The number of carbonyl (C=O) groups excluding carboxylic acids is 1. The van der Waals surface area contributed by atoms with Crippen LogP contribution in [0.3, 0.4) is 0 Å². The van der Waals surface area contributed by atoms with Crippen LogP contribution in [0.1, 0.15) is 16.1 Å². The van der Waals surface area contributed by atoms with Crippen LogP contribution in [0.15, 0.2) is 35.2 Å². The summed E-state index contributed by atoms with van der Waals surface area (Å²) in [4.78, 5) is 15.9. The number of rotatable bonds is 2. The molecule has 2 rings (SSSR count). The molecule has 0 spiro atoms. The van der Waals surface area contributed by atoms with Crippen molar-refractivity contribution in [3.05, 3.63) is 46.5 Å². The second kappa shape index (κ2) is 4.71. The molecule has 1 aromatic carbocycles. The predicted octanol–water partition coefficient (Wildman–Crippen LogP) is 2.74. The summed E-state index contributed by atoms with van der Waals surface area (Å²) in [5.74, 6) is -0.157. The van der Waals surface area contributed by atoms with Gasteiger partial charge in [0.2, 0.25) is 0 Å². The number of halogens is 1. The van der Waals surface area contributed by atoms with Gasteiger partial charge < -0.3 is 9.88 Å². The van der Waals surface area contributed by atoms with Gasteiger partial charge in [-0.25, -0.2) is 4.98 Å². The number of hydrogen-bond acceptors (Lipinski definition) is 2. The molecule has 1 heterocycles. The highest BCUT2D eigenvalue weighted by Gasteiger charge is 2.10. The molecule has 0 saturated carbocycles. The largest absolute Gasteiger partial charge is 0.330 e. The summed E-state index contributed by atoms with van der Waals surface area (Å²) >= 11 is 3.39. The van der Waals surface area contributed by atoms with E-state index in [2.05, 4.69) is 26.2 Å². The lowest BCUT2D eigenvalue weighted by Crippen LogP contribution is -2.15. The molecule has 0 unspecified atom stereocenters. The molecular weight excluding hydrogens is 282 g/mol. The fourth-order valence-corrected chi connectivity index (χ4v) is 2.01. The number of carbonyl (C=O) groups is 1. The molecule has 1 aromatic heterocycles. The van der Waals surface area contributed by atoms with Gasteiger partial charge in [0.25, 0.3) is 5.91 Å². The van der Waals surface area contributed by atoms with Crippen LogP contribution in [-0.2, 0) is 7.05 Å². The van der Waals surface area contributed by atoms with Crippen LogP contribution in [0.5, 0.6) is 0 Å². The molecule has 1 N–H and O–H groups in total. The molecule has 88 valence electrons. The molecular formula is C12H12BrN3O. The first-order valence-electron chi connectivity index (χ1n) is 5.12. The Labute approximate surface area is 108 Å². The second-order valence-corrected chi connectivity index (χ2v) is 4.72. The summed E-state index contributed by atoms with van der Waals surface area (Å²) in [6.45, 7) is 1.95. The van der Waals surface area contributed by atoms with Crippen LogP contribution in [0.4, 0.5) is 5.69 Å². The molecule has 4 nitrogen and oxygen atoms in total. The van der Waals surface area contributed by atoms with E-state index in [1.807, 2.05) is 25.1 Å². The molecule has 0 aliphatic rings. The van der Waals surface area contributed by atoms with Crippen LogP contribution in [0, 0.1) is 6.92 Å². The predicted molar refractivity (Wildman–Crippen MR) is 70.0 cm³/mol. The quantitative estimate of drug-likeness (QED) is 0.925. The van der Waals surface area contributed by atoms with Crippen molar-refractivity contribution < 1.29 is 4.79 Å². The highest BCUT2D eigenvalue weighted by Crippen LogP contribution is 2.20. The summed E-state index contributed by atoms with van der Waals surface area (Å²) in [7, 11) is 1.79. The van der Waals surface area contributed by atoms with Crippen LogP contribution in [0.25, 0.3) is 0 Å². The number of anilines is 1. The van der Waals surface area contributed by atoms with Crippen molar-refractivity contribution in [2.75, 3.05) is 5.32 Å². The second-order valence-electron chi connectivity index (χ2n) is 3.80. The maximum Gasteiger partial charge on any atom is 0.273 e. The fourth-order valence-electron chi connectivity index (χ4n) is 1.53. The minimum Gasteiger partial charge on any atom is -0.330 e. The van der Waals surface area contributed by atoms with E-state index in [-0.39, 0.29) is 5.91 Å². The van der Waals surface area contributed by atoms with E-state index in [4.69, 9.17) is 0 Å². The third kappa shape index (κ3) is 2.55. The first-order valence-corrected chi connectivity index (χ1v) is 5.91. The summed E-state index contributed by atoms with van der Waals surface area (Å²) < 4.78 is 2.68. The van der Waals surface area contributed by atoms with Crippen molar-refractivity contribution in [2.24, 2.45) is 7.05 Å². The average molecular weight is 294 g/mol. The summed E-state index contributed by atoms with van der Waals surface area (Å²) in [5.41, 5.74) is 2.35. The molecule has 5 heteroatoms. The van der Waals surface area contributed by atoms with Gasteiger partial charge in [0.05, 0.1) is 12.5 Å². The number of amides is 1. The minimum absolute atomic E-state index is 0.157. The Bertz CT molecular complexity index is 563. The lowest BCUT2D eigenvalue weighted by Gasteiger charge is -2.08. The van der Waals surface area contributed by atoms with Gasteiger partial charge in [-0.2, -0.15) is 0 Å². The first kappa shape index (κ1) is 11.9. The monoisotopic (exact) mass is 293 g/mol. The smallest absolute Gasteiger partial charge is 0.273 e. The first-order chi connectivity index (χ1) is 8.08. The zero-order valence-electron chi connectivity index (χ0n) is 9.57. The number of hydrogen-bond donors (Lipinski definition) is 1. The maximum atomic E-state index is 11.9. The minimum atomic E-state index is -0.157. The van der Waals surface area contributed by atoms with E-state index in [0.29, 0.717) is 5.69 Å². The Morgan fingerprint density at radius 3 is 2.82 bits per heavy atom.